The summed E-state index contributed by atoms with van der Waals surface area (Å²) in [5.74, 6) is -0.182. The number of benzene rings is 4. The molecule has 7 nitrogen and oxygen atoms in total. The summed E-state index contributed by atoms with van der Waals surface area (Å²) in [5, 5.41) is 13.5. The molecule has 8 heteroatoms. The fourth-order valence-corrected chi connectivity index (χ4v) is 4.12. The predicted octanol–water partition coefficient (Wildman–Crippen LogP) is 6.30. The average Bonchev–Trinajstić information content (AvgIpc) is 2.90. The van der Waals surface area contributed by atoms with E-state index in [-0.39, 0.29) is 23.3 Å². The Morgan fingerprint density at radius 2 is 1.31 bits per heavy atom. The van der Waals surface area contributed by atoms with Gasteiger partial charge in [0, 0.05) is 39.7 Å². The summed E-state index contributed by atoms with van der Waals surface area (Å²) in [7, 11) is 0. The third kappa shape index (κ3) is 6.13. The first kappa shape index (κ1) is 23.7. The van der Waals surface area contributed by atoms with Crippen molar-refractivity contribution in [3.05, 3.63) is 125 Å². The van der Waals surface area contributed by atoms with Crippen molar-refractivity contribution < 1.29 is 14.5 Å². The summed E-state index contributed by atoms with van der Waals surface area (Å²) in [6, 6.07) is 31.6. The van der Waals surface area contributed by atoms with Gasteiger partial charge >= 0.3 is 0 Å². The number of thioether (sulfide) groups is 1. The Morgan fingerprint density at radius 1 is 0.771 bits per heavy atom. The topological polar surface area (TPSA) is 92.6 Å². The van der Waals surface area contributed by atoms with Gasteiger partial charge in [-0.3, -0.25) is 24.6 Å². The molecule has 4 aromatic carbocycles. The lowest BCUT2D eigenvalue weighted by molar-refractivity contribution is -0.384. The second-order valence-corrected chi connectivity index (χ2v) is 8.52. The van der Waals surface area contributed by atoms with E-state index < -0.39 is 4.92 Å². The van der Waals surface area contributed by atoms with Crippen LogP contribution in [0.5, 0.6) is 0 Å². The van der Waals surface area contributed by atoms with Crippen molar-refractivity contribution in [1.29, 1.82) is 0 Å². The van der Waals surface area contributed by atoms with Crippen molar-refractivity contribution >= 4 is 46.3 Å². The molecule has 0 fully saturated rings. The van der Waals surface area contributed by atoms with Crippen LogP contribution in [0.4, 0.5) is 22.7 Å². The molecule has 0 radical (unpaired) electrons. The third-order valence-corrected chi connectivity index (χ3v) is 6.09. The highest BCUT2D eigenvalue weighted by Crippen LogP contribution is 2.28. The van der Waals surface area contributed by atoms with E-state index in [1.54, 1.807) is 17.0 Å². The van der Waals surface area contributed by atoms with Crippen LogP contribution in [0.3, 0.4) is 0 Å². The number of hydrogen-bond donors (Lipinski definition) is 1. The summed E-state index contributed by atoms with van der Waals surface area (Å²) in [6.45, 7) is 0. The second-order valence-electron chi connectivity index (χ2n) is 7.47. The Labute approximate surface area is 206 Å². The van der Waals surface area contributed by atoms with Gasteiger partial charge in [0.15, 0.2) is 0 Å². The monoisotopic (exact) mass is 483 g/mol. The molecular weight excluding hydrogens is 462 g/mol. The number of nitrogens with zero attached hydrogens (tertiary/aromatic N) is 2. The van der Waals surface area contributed by atoms with Gasteiger partial charge in [0.2, 0.25) is 5.91 Å². The molecule has 4 aromatic rings. The molecule has 1 N–H and O–H groups in total. The highest BCUT2D eigenvalue weighted by molar-refractivity contribution is 8.00. The van der Waals surface area contributed by atoms with Crippen LogP contribution >= 0.6 is 11.8 Å². The number of anilines is 3. The van der Waals surface area contributed by atoms with Crippen LogP contribution in [0.2, 0.25) is 0 Å². The molecule has 0 spiro atoms. The standard InChI is InChI=1S/C27H21N3O4S/c31-26(29(22-7-3-1-4-8-22)23-9-5-2-6-10-23)19-35-25-17-13-21(14-18-25)28-27(32)20-11-15-24(16-12-20)30(33)34/h1-18H,19H2,(H,28,32). The summed E-state index contributed by atoms with van der Waals surface area (Å²) in [6.07, 6.45) is 0. The Balaban J connectivity index is 1.38. The summed E-state index contributed by atoms with van der Waals surface area (Å²) in [4.78, 5) is 38.4. The van der Waals surface area contributed by atoms with E-state index in [1.165, 1.54) is 36.0 Å². The highest BCUT2D eigenvalue weighted by Gasteiger charge is 2.18. The minimum Gasteiger partial charge on any atom is -0.322 e. The quantitative estimate of drug-likeness (QED) is 0.180. The molecule has 0 aliphatic heterocycles. The lowest BCUT2D eigenvalue weighted by Gasteiger charge is -2.23. The maximum absolute atomic E-state index is 13.2. The molecule has 0 bridgehead atoms. The number of amides is 2. The number of carbonyl (C=O) groups is 2. The van der Waals surface area contributed by atoms with Gasteiger partial charge in [-0.2, -0.15) is 0 Å². The third-order valence-electron chi connectivity index (χ3n) is 5.09. The van der Waals surface area contributed by atoms with Gasteiger partial charge in [-0.1, -0.05) is 36.4 Å². The van der Waals surface area contributed by atoms with Crippen molar-refractivity contribution in [2.45, 2.75) is 4.90 Å². The van der Waals surface area contributed by atoms with Crippen LogP contribution in [0.1, 0.15) is 10.4 Å². The molecule has 0 heterocycles. The minimum atomic E-state index is -0.512. The number of nitro groups is 1. The minimum absolute atomic E-state index is 0.0528. The van der Waals surface area contributed by atoms with E-state index in [1.807, 2.05) is 72.8 Å². The molecule has 0 saturated heterocycles. The summed E-state index contributed by atoms with van der Waals surface area (Å²) < 4.78 is 0. The lowest BCUT2D eigenvalue weighted by atomic mass is 10.2. The number of hydrogen-bond acceptors (Lipinski definition) is 5. The number of nitro benzene ring substituents is 1. The molecule has 0 aromatic heterocycles. The molecule has 35 heavy (non-hydrogen) atoms. The molecular formula is C27H21N3O4S. The summed E-state index contributed by atoms with van der Waals surface area (Å²) >= 11 is 1.41. The molecule has 0 unspecified atom stereocenters. The normalized spacial score (nSPS) is 10.4. The van der Waals surface area contributed by atoms with Crippen LogP contribution in [-0.2, 0) is 4.79 Å². The van der Waals surface area contributed by atoms with Crippen molar-refractivity contribution in [2.24, 2.45) is 0 Å². The maximum Gasteiger partial charge on any atom is 0.269 e. The number of non-ortho nitro benzene ring substituents is 1. The number of para-hydroxylation sites is 2. The number of rotatable bonds is 8. The van der Waals surface area contributed by atoms with E-state index >= 15 is 0 Å². The largest absolute Gasteiger partial charge is 0.322 e. The molecule has 4 rings (SSSR count). The molecule has 0 aliphatic carbocycles. The first-order valence-electron chi connectivity index (χ1n) is 10.7. The predicted molar refractivity (Wildman–Crippen MR) is 138 cm³/mol. The SMILES string of the molecule is O=C(Nc1ccc(SCC(=O)N(c2ccccc2)c2ccccc2)cc1)c1ccc([N+](=O)[O-])cc1. The number of nitrogens with one attached hydrogen (secondary N) is 1. The van der Waals surface area contributed by atoms with E-state index in [2.05, 4.69) is 5.32 Å². The van der Waals surface area contributed by atoms with Gasteiger partial charge in [0.25, 0.3) is 11.6 Å². The Morgan fingerprint density at radius 3 is 1.83 bits per heavy atom. The number of carbonyl (C=O) groups excluding carboxylic acids is 2. The van der Waals surface area contributed by atoms with E-state index in [0.29, 0.717) is 11.3 Å². The molecule has 2 amide bonds. The van der Waals surface area contributed by atoms with Crippen LogP contribution < -0.4 is 10.2 Å². The lowest BCUT2D eigenvalue weighted by Crippen LogP contribution is -2.27. The van der Waals surface area contributed by atoms with Crippen LogP contribution in [0, 0.1) is 10.1 Å². The van der Waals surface area contributed by atoms with Gasteiger partial charge in [0.05, 0.1) is 10.7 Å². The van der Waals surface area contributed by atoms with Gasteiger partial charge in [0.1, 0.15) is 0 Å². The van der Waals surface area contributed by atoms with Crippen LogP contribution in [0.25, 0.3) is 0 Å². The first-order chi connectivity index (χ1) is 17.0. The average molecular weight is 484 g/mol. The van der Waals surface area contributed by atoms with Gasteiger partial charge in [-0.15, -0.1) is 11.8 Å². The highest BCUT2D eigenvalue weighted by atomic mass is 32.2. The Hall–Kier alpha value is -4.43. The van der Waals surface area contributed by atoms with E-state index in [4.69, 9.17) is 0 Å². The smallest absolute Gasteiger partial charge is 0.269 e. The molecule has 0 aliphatic rings. The van der Waals surface area contributed by atoms with E-state index in [9.17, 15) is 19.7 Å². The van der Waals surface area contributed by atoms with E-state index in [0.717, 1.165) is 16.3 Å². The Kier molecular flexibility index (Phi) is 7.54. The van der Waals surface area contributed by atoms with Gasteiger partial charge in [-0.25, -0.2) is 0 Å². The van der Waals surface area contributed by atoms with Crippen LogP contribution in [0.15, 0.2) is 114 Å². The van der Waals surface area contributed by atoms with Gasteiger partial charge < -0.3 is 5.32 Å². The zero-order valence-electron chi connectivity index (χ0n) is 18.5. The van der Waals surface area contributed by atoms with Crippen molar-refractivity contribution in [3.8, 4) is 0 Å². The molecule has 0 atom stereocenters. The molecule has 174 valence electrons. The van der Waals surface area contributed by atoms with Crippen molar-refractivity contribution in [1.82, 2.24) is 0 Å². The first-order valence-corrected chi connectivity index (χ1v) is 11.7. The second kappa shape index (κ2) is 11.1. The zero-order chi connectivity index (χ0) is 24.6. The van der Waals surface area contributed by atoms with Crippen molar-refractivity contribution in [3.63, 3.8) is 0 Å². The Bertz CT molecular complexity index is 1270. The zero-order valence-corrected chi connectivity index (χ0v) is 19.4. The van der Waals surface area contributed by atoms with Crippen molar-refractivity contribution in [2.75, 3.05) is 16.0 Å². The van der Waals surface area contributed by atoms with Gasteiger partial charge in [-0.05, 0) is 60.7 Å². The summed E-state index contributed by atoms with van der Waals surface area (Å²) in [5.41, 5.74) is 2.43. The fourth-order valence-electron chi connectivity index (χ4n) is 3.37. The maximum atomic E-state index is 13.2. The fraction of sp³-hybridized carbons (Fsp3) is 0.0370. The van der Waals surface area contributed by atoms with Crippen LogP contribution in [-0.4, -0.2) is 22.5 Å². The molecule has 0 saturated carbocycles.